The second kappa shape index (κ2) is 5.63. The molecule has 0 aliphatic heterocycles. The monoisotopic (exact) mass is 294 g/mol. The van der Waals surface area contributed by atoms with Crippen LogP contribution in [0.2, 0.25) is 0 Å². The number of nitrogens with zero attached hydrogens (tertiary/aromatic N) is 2. The van der Waals surface area contributed by atoms with Crippen LogP contribution in [0.25, 0.3) is 0 Å². The van der Waals surface area contributed by atoms with Gasteiger partial charge in [0.2, 0.25) is 0 Å². The van der Waals surface area contributed by atoms with Gasteiger partial charge in [0, 0.05) is 18.5 Å². The Balaban J connectivity index is 1.95. The SMILES string of the molecule is O=c1ccccn1CCOc1cccnc1Br. The van der Waals surface area contributed by atoms with E-state index >= 15 is 0 Å². The summed E-state index contributed by atoms with van der Waals surface area (Å²) in [4.78, 5) is 15.5. The number of rotatable bonds is 4. The molecule has 88 valence electrons. The summed E-state index contributed by atoms with van der Waals surface area (Å²) in [7, 11) is 0. The van der Waals surface area contributed by atoms with E-state index in [4.69, 9.17) is 4.74 Å². The summed E-state index contributed by atoms with van der Waals surface area (Å²) in [5.74, 6) is 0.677. The number of hydrogen-bond donors (Lipinski definition) is 0. The standard InChI is InChI=1S/C12H11BrN2O2/c13-12-10(4-3-6-14-12)17-9-8-15-7-2-1-5-11(15)16/h1-7H,8-9H2. The minimum atomic E-state index is -0.0265. The van der Waals surface area contributed by atoms with Gasteiger partial charge in [-0.1, -0.05) is 6.07 Å². The Kier molecular flexibility index (Phi) is 3.93. The summed E-state index contributed by atoms with van der Waals surface area (Å²) in [5, 5.41) is 0. The summed E-state index contributed by atoms with van der Waals surface area (Å²) in [6.07, 6.45) is 3.42. The van der Waals surface area contributed by atoms with Crippen molar-refractivity contribution in [2.75, 3.05) is 6.61 Å². The molecule has 0 saturated carbocycles. The molecule has 2 rings (SSSR count). The molecule has 2 aromatic rings. The first-order chi connectivity index (χ1) is 8.27. The molecule has 0 aromatic carbocycles. The van der Waals surface area contributed by atoms with Crippen molar-refractivity contribution < 1.29 is 4.74 Å². The highest BCUT2D eigenvalue weighted by atomic mass is 79.9. The van der Waals surface area contributed by atoms with Crippen LogP contribution in [0.5, 0.6) is 5.75 Å². The smallest absolute Gasteiger partial charge is 0.250 e. The number of halogens is 1. The van der Waals surface area contributed by atoms with E-state index in [0.29, 0.717) is 23.5 Å². The van der Waals surface area contributed by atoms with Gasteiger partial charge >= 0.3 is 0 Å². The average Bonchev–Trinajstić information content (AvgIpc) is 2.34. The first-order valence-corrected chi connectivity index (χ1v) is 5.95. The van der Waals surface area contributed by atoms with E-state index in [1.807, 2.05) is 12.1 Å². The predicted octanol–water partition coefficient (Wildman–Crippen LogP) is 2.08. The molecular formula is C12H11BrN2O2. The van der Waals surface area contributed by atoms with E-state index in [1.165, 1.54) is 6.07 Å². The van der Waals surface area contributed by atoms with Gasteiger partial charge in [-0.3, -0.25) is 4.79 Å². The van der Waals surface area contributed by atoms with Crippen molar-refractivity contribution in [3.05, 3.63) is 57.7 Å². The van der Waals surface area contributed by atoms with Gasteiger partial charge in [0.15, 0.2) is 5.75 Å². The summed E-state index contributed by atoms with van der Waals surface area (Å²) >= 11 is 3.29. The minimum absolute atomic E-state index is 0.0265. The van der Waals surface area contributed by atoms with Gasteiger partial charge in [-0.15, -0.1) is 0 Å². The van der Waals surface area contributed by atoms with Crippen LogP contribution in [0.1, 0.15) is 0 Å². The Labute approximate surface area is 107 Å². The second-order valence-corrected chi connectivity index (χ2v) is 4.12. The number of ether oxygens (including phenoxy) is 1. The van der Waals surface area contributed by atoms with Crippen molar-refractivity contribution >= 4 is 15.9 Å². The lowest BCUT2D eigenvalue weighted by atomic mass is 10.4. The number of aromatic nitrogens is 2. The van der Waals surface area contributed by atoms with Gasteiger partial charge in [0.1, 0.15) is 11.2 Å². The third kappa shape index (κ3) is 3.17. The van der Waals surface area contributed by atoms with Crippen molar-refractivity contribution in [2.45, 2.75) is 6.54 Å². The van der Waals surface area contributed by atoms with Crippen molar-refractivity contribution in [3.63, 3.8) is 0 Å². The predicted molar refractivity (Wildman–Crippen MR) is 68.1 cm³/mol. The zero-order valence-electron chi connectivity index (χ0n) is 9.04. The van der Waals surface area contributed by atoms with Crippen LogP contribution in [0.3, 0.4) is 0 Å². The summed E-state index contributed by atoms with van der Waals surface area (Å²) < 4.78 is 7.80. The van der Waals surface area contributed by atoms with Crippen molar-refractivity contribution in [3.8, 4) is 5.75 Å². The van der Waals surface area contributed by atoms with Gasteiger partial charge in [-0.05, 0) is 34.1 Å². The highest BCUT2D eigenvalue weighted by molar-refractivity contribution is 9.10. The van der Waals surface area contributed by atoms with Crippen molar-refractivity contribution in [1.29, 1.82) is 0 Å². The number of hydrogen-bond acceptors (Lipinski definition) is 3. The Morgan fingerprint density at radius 1 is 1.29 bits per heavy atom. The highest BCUT2D eigenvalue weighted by Crippen LogP contribution is 2.20. The van der Waals surface area contributed by atoms with E-state index < -0.39 is 0 Å². The molecule has 0 amide bonds. The summed E-state index contributed by atoms with van der Waals surface area (Å²) in [5.41, 5.74) is -0.0265. The van der Waals surface area contributed by atoms with Gasteiger partial charge in [-0.2, -0.15) is 0 Å². The van der Waals surface area contributed by atoms with E-state index in [-0.39, 0.29) is 5.56 Å². The summed E-state index contributed by atoms with van der Waals surface area (Å²) in [6.45, 7) is 0.940. The van der Waals surface area contributed by atoms with E-state index in [9.17, 15) is 4.79 Å². The third-order valence-corrected chi connectivity index (χ3v) is 2.81. The fourth-order valence-corrected chi connectivity index (χ4v) is 1.74. The van der Waals surface area contributed by atoms with Crippen LogP contribution in [0, 0.1) is 0 Å². The van der Waals surface area contributed by atoms with Crippen LogP contribution in [-0.4, -0.2) is 16.2 Å². The maximum Gasteiger partial charge on any atom is 0.250 e. The molecule has 17 heavy (non-hydrogen) atoms. The van der Waals surface area contributed by atoms with Crippen molar-refractivity contribution in [1.82, 2.24) is 9.55 Å². The molecule has 0 saturated heterocycles. The van der Waals surface area contributed by atoms with Gasteiger partial charge in [0.05, 0.1) is 6.54 Å². The molecule has 4 nitrogen and oxygen atoms in total. The molecule has 2 heterocycles. The topological polar surface area (TPSA) is 44.1 Å². The molecule has 0 atom stereocenters. The molecule has 0 aliphatic carbocycles. The van der Waals surface area contributed by atoms with Gasteiger partial charge < -0.3 is 9.30 Å². The van der Waals surface area contributed by atoms with Gasteiger partial charge in [0.25, 0.3) is 5.56 Å². The normalized spacial score (nSPS) is 10.2. The first kappa shape index (κ1) is 11.9. The Bertz CT molecular complexity index is 554. The molecule has 0 radical (unpaired) electrons. The van der Waals surface area contributed by atoms with Crippen molar-refractivity contribution in [2.24, 2.45) is 0 Å². The maximum absolute atomic E-state index is 11.4. The zero-order valence-corrected chi connectivity index (χ0v) is 10.6. The molecule has 0 fully saturated rings. The van der Waals surface area contributed by atoms with Gasteiger partial charge in [-0.25, -0.2) is 4.98 Å². The molecule has 2 aromatic heterocycles. The minimum Gasteiger partial charge on any atom is -0.489 e. The zero-order chi connectivity index (χ0) is 12.1. The lowest BCUT2D eigenvalue weighted by molar-refractivity contribution is 0.293. The van der Waals surface area contributed by atoms with Crippen LogP contribution in [0.4, 0.5) is 0 Å². The lowest BCUT2D eigenvalue weighted by Crippen LogP contribution is -2.21. The molecule has 0 bridgehead atoms. The first-order valence-electron chi connectivity index (χ1n) is 5.16. The molecule has 0 N–H and O–H groups in total. The molecule has 0 spiro atoms. The molecule has 0 unspecified atom stereocenters. The van der Waals surface area contributed by atoms with Crippen LogP contribution < -0.4 is 10.3 Å². The Morgan fingerprint density at radius 2 is 2.18 bits per heavy atom. The van der Waals surface area contributed by atoms with Crippen LogP contribution >= 0.6 is 15.9 Å². The second-order valence-electron chi connectivity index (χ2n) is 3.37. The molecule has 0 aliphatic rings. The van der Waals surface area contributed by atoms with Crippen LogP contribution in [-0.2, 0) is 6.54 Å². The highest BCUT2D eigenvalue weighted by Gasteiger charge is 2.00. The quantitative estimate of drug-likeness (QED) is 0.811. The molecular weight excluding hydrogens is 284 g/mol. The summed E-state index contributed by atoms with van der Waals surface area (Å²) in [6, 6.07) is 8.69. The number of pyridine rings is 2. The Morgan fingerprint density at radius 3 is 2.94 bits per heavy atom. The lowest BCUT2D eigenvalue weighted by Gasteiger charge is -2.08. The van der Waals surface area contributed by atoms with E-state index in [1.54, 1.807) is 29.1 Å². The fraction of sp³-hybridized carbons (Fsp3) is 0.167. The largest absolute Gasteiger partial charge is 0.489 e. The Hall–Kier alpha value is -1.62. The average molecular weight is 295 g/mol. The fourth-order valence-electron chi connectivity index (χ4n) is 1.38. The van der Waals surface area contributed by atoms with Crippen LogP contribution in [0.15, 0.2) is 52.1 Å². The third-order valence-electron chi connectivity index (χ3n) is 2.21. The molecule has 5 heteroatoms. The van der Waals surface area contributed by atoms with E-state index in [0.717, 1.165) is 0 Å². The maximum atomic E-state index is 11.4. The van der Waals surface area contributed by atoms with E-state index in [2.05, 4.69) is 20.9 Å².